The summed E-state index contributed by atoms with van der Waals surface area (Å²) in [6, 6.07) is 15.3. The summed E-state index contributed by atoms with van der Waals surface area (Å²) in [5.74, 6) is -0.285. The largest absolute Gasteiger partial charge is 0.445 e. The van der Waals surface area contributed by atoms with Gasteiger partial charge in [-0.05, 0) is 43.0 Å². The summed E-state index contributed by atoms with van der Waals surface area (Å²) in [6.45, 7) is 2.51. The van der Waals surface area contributed by atoms with E-state index in [1.54, 1.807) is 19.1 Å². The van der Waals surface area contributed by atoms with Crippen molar-refractivity contribution in [2.45, 2.75) is 43.4 Å². The van der Waals surface area contributed by atoms with Crippen LogP contribution < -0.4 is 10.5 Å². The summed E-state index contributed by atoms with van der Waals surface area (Å²) in [7, 11) is -3.76. The van der Waals surface area contributed by atoms with Crippen LogP contribution in [-0.2, 0) is 32.7 Å². The van der Waals surface area contributed by atoms with Crippen LogP contribution in [-0.4, -0.2) is 37.4 Å². The second-order valence-corrected chi connectivity index (χ2v) is 9.00. The van der Waals surface area contributed by atoms with Gasteiger partial charge in [0.05, 0.1) is 4.90 Å². The normalized spacial score (nSPS) is 18.8. The number of nitrogens with two attached hydrogens (primary N) is 1. The molecular weight excluding hydrogens is 406 g/mol. The van der Waals surface area contributed by atoms with Gasteiger partial charge in [0.1, 0.15) is 12.1 Å². The lowest BCUT2D eigenvalue weighted by atomic mass is 9.98. The van der Waals surface area contributed by atoms with Crippen molar-refractivity contribution in [3.8, 4) is 0 Å². The quantitative estimate of drug-likeness (QED) is 0.726. The second kappa shape index (κ2) is 8.85. The maximum Gasteiger partial charge on any atom is 0.410 e. The van der Waals surface area contributed by atoms with E-state index in [9.17, 15) is 18.0 Å². The smallest absolute Gasteiger partial charge is 0.410 e. The van der Waals surface area contributed by atoms with Crippen molar-refractivity contribution >= 4 is 22.0 Å². The number of carbonyl (C=O) groups excluding carboxylic acids is 2. The van der Waals surface area contributed by atoms with Gasteiger partial charge in [-0.25, -0.2) is 18.4 Å². The lowest BCUT2D eigenvalue weighted by Crippen LogP contribution is -2.55. The van der Waals surface area contributed by atoms with Gasteiger partial charge in [0.15, 0.2) is 0 Å². The first-order valence-corrected chi connectivity index (χ1v) is 11.1. The predicted octanol–water partition coefficient (Wildman–Crippen LogP) is 2.14. The first-order chi connectivity index (χ1) is 14.2. The molecule has 0 aromatic heterocycles. The van der Waals surface area contributed by atoms with E-state index >= 15 is 0 Å². The number of rotatable bonds is 6. The molecule has 3 rings (SSSR count). The standard InChI is InChI=1S/C21H25N3O5S/c1-21(19(25)23-14-16-8-10-18(11-9-16)30(22,27)28)12-5-13-24(21)20(26)29-15-17-6-3-2-4-7-17/h2-4,6-11H,5,12-15H2,1H3,(H,23,25)(H2,22,27,28). The molecule has 1 atom stereocenters. The Morgan fingerprint density at radius 1 is 1.10 bits per heavy atom. The van der Waals surface area contributed by atoms with Gasteiger partial charge in [0, 0.05) is 13.1 Å². The highest BCUT2D eigenvalue weighted by atomic mass is 32.2. The van der Waals surface area contributed by atoms with Crippen molar-refractivity contribution in [3.05, 3.63) is 65.7 Å². The van der Waals surface area contributed by atoms with Gasteiger partial charge in [-0.1, -0.05) is 42.5 Å². The van der Waals surface area contributed by atoms with Crippen LogP contribution in [0.2, 0.25) is 0 Å². The second-order valence-electron chi connectivity index (χ2n) is 7.44. The van der Waals surface area contributed by atoms with Crippen molar-refractivity contribution in [2.24, 2.45) is 5.14 Å². The van der Waals surface area contributed by atoms with Gasteiger partial charge < -0.3 is 10.1 Å². The molecule has 0 saturated carbocycles. The zero-order chi connectivity index (χ0) is 21.8. The van der Waals surface area contributed by atoms with Gasteiger partial charge in [-0.15, -0.1) is 0 Å². The number of sulfonamides is 1. The molecule has 9 heteroatoms. The topological polar surface area (TPSA) is 119 Å². The highest BCUT2D eigenvalue weighted by Gasteiger charge is 2.46. The molecule has 2 aromatic rings. The highest BCUT2D eigenvalue weighted by molar-refractivity contribution is 7.89. The third kappa shape index (κ3) is 4.98. The van der Waals surface area contributed by atoms with Crippen LogP contribution in [0.4, 0.5) is 4.79 Å². The number of amides is 2. The van der Waals surface area contributed by atoms with E-state index in [2.05, 4.69) is 5.32 Å². The molecule has 1 fully saturated rings. The molecule has 1 unspecified atom stereocenters. The van der Waals surface area contributed by atoms with Gasteiger partial charge in [-0.2, -0.15) is 0 Å². The van der Waals surface area contributed by atoms with E-state index in [1.165, 1.54) is 17.0 Å². The Morgan fingerprint density at radius 2 is 1.77 bits per heavy atom. The molecule has 8 nitrogen and oxygen atoms in total. The monoisotopic (exact) mass is 431 g/mol. The Kier molecular flexibility index (Phi) is 6.42. The molecular formula is C21H25N3O5S. The lowest BCUT2D eigenvalue weighted by Gasteiger charge is -2.33. The molecule has 3 N–H and O–H groups in total. The van der Waals surface area contributed by atoms with E-state index in [4.69, 9.17) is 9.88 Å². The van der Waals surface area contributed by atoms with Crippen LogP contribution in [0.25, 0.3) is 0 Å². The molecule has 0 bridgehead atoms. The van der Waals surface area contributed by atoms with Gasteiger partial charge in [0.2, 0.25) is 15.9 Å². The molecule has 2 amide bonds. The first-order valence-electron chi connectivity index (χ1n) is 9.58. The molecule has 1 heterocycles. The number of likely N-dealkylation sites (tertiary alicyclic amines) is 1. The number of nitrogens with one attached hydrogen (secondary N) is 1. The van der Waals surface area contributed by atoms with Crippen molar-refractivity contribution in [1.82, 2.24) is 10.2 Å². The van der Waals surface area contributed by atoms with Gasteiger partial charge in [-0.3, -0.25) is 9.69 Å². The van der Waals surface area contributed by atoms with Crippen LogP contribution in [0.5, 0.6) is 0 Å². The van der Waals surface area contributed by atoms with Crippen molar-refractivity contribution < 1.29 is 22.7 Å². The number of primary sulfonamides is 1. The van der Waals surface area contributed by atoms with Crippen molar-refractivity contribution in [1.29, 1.82) is 0 Å². The summed E-state index contributed by atoms with van der Waals surface area (Å²) >= 11 is 0. The summed E-state index contributed by atoms with van der Waals surface area (Å²) in [5, 5.41) is 7.92. The fourth-order valence-corrected chi connectivity index (χ4v) is 3.97. The maximum absolute atomic E-state index is 12.9. The first kappa shape index (κ1) is 21.8. The van der Waals surface area contributed by atoms with E-state index < -0.39 is 21.7 Å². The molecule has 1 saturated heterocycles. The molecule has 1 aliphatic heterocycles. The molecule has 0 radical (unpaired) electrons. The summed E-state index contributed by atoms with van der Waals surface area (Å²) in [5.41, 5.74) is 0.587. The minimum absolute atomic E-state index is 0.00710. The van der Waals surface area contributed by atoms with Crippen LogP contribution in [0.1, 0.15) is 30.9 Å². The fraction of sp³-hybridized carbons (Fsp3) is 0.333. The van der Waals surface area contributed by atoms with E-state index in [1.807, 2.05) is 30.3 Å². The Bertz CT molecular complexity index is 1010. The van der Waals surface area contributed by atoms with Crippen LogP contribution in [0, 0.1) is 0 Å². The van der Waals surface area contributed by atoms with E-state index in [0.717, 1.165) is 11.1 Å². The number of ether oxygens (including phenoxy) is 1. The minimum atomic E-state index is -3.76. The van der Waals surface area contributed by atoms with Crippen molar-refractivity contribution in [2.75, 3.05) is 6.54 Å². The Morgan fingerprint density at radius 3 is 2.40 bits per heavy atom. The molecule has 0 aliphatic carbocycles. The third-order valence-corrected chi connectivity index (χ3v) is 6.19. The number of hydrogen-bond donors (Lipinski definition) is 2. The van der Waals surface area contributed by atoms with Crippen LogP contribution >= 0.6 is 0 Å². The summed E-state index contributed by atoms with van der Waals surface area (Å²) < 4.78 is 28.1. The highest BCUT2D eigenvalue weighted by Crippen LogP contribution is 2.30. The average molecular weight is 432 g/mol. The zero-order valence-electron chi connectivity index (χ0n) is 16.7. The molecule has 2 aromatic carbocycles. The fourth-order valence-electron chi connectivity index (χ4n) is 3.46. The molecule has 30 heavy (non-hydrogen) atoms. The molecule has 1 aliphatic rings. The van der Waals surface area contributed by atoms with Gasteiger partial charge >= 0.3 is 6.09 Å². The van der Waals surface area contributed by atoms with Crippen LogP contribution in [0.15, 0.2) is 59.5 Å². The number of nitrogens with zero attached hydrogens (tertiary/aromatic N) is 1. The van der Waals surface area contributed by atoms with Gasteiger partial charge in [0.25, 0.3) is 0 Å². The van der Waals surface area contributed by atoms with E-state index in [0.29, 0.717) is 19.4 Å². The van der Waals surface area contributed by atoms with E-state index in [-0.39, 0.29) is 24.0 Å². The third-order valence-electron chi connectivity index (χ3n) is 5.26. The van der Waals surface area contributed by atoms with Crippen molar-refractivity contribution in [3.63, 3.8) is 0 Å². The average Bonchev–Trinajstić information content (AvgIpc) is 3.13. The molecule has 160 valence electrons. The predicted molar refractivity (Wildman–Crippen MR) is 111 cm³/mol. The Labute approximate surface area is 176 Å². The summed E-state index contributed by atoms with van der Waals surface area (Å²) in [6.07, 6.45) is 0.711. The SMILES string of the molecule is CC1(C(=O)NCc2ccc(S(N)(=O)=O)cc2)CCCN1C(=O)OCc1ccccc1. The number of carbonyl (C=O) groups is 2. The summed E-state index contributed by atoms with van der Waals surface area (Å²) in [4.78, 5) is 27.0. The zero-order valence-corrected chi connectivity index (χ0v) is 17.5. The van der Waals surface area contributed by atoms with Crippen LogP contribution in [0.3, 0.4) is 0 Å². The Balaban J connectivity index is 1.60. The maximum atomic E-state index is 12.9. The Hall–Kier alpha value is -2.91. The number of hydrogen-bond acceptors (Lipinski definition) is 5. The lowest BCUT2D eigenvalue weighted by molar-refractivity contribution is -0.130. The number of benzene rings is 2. The molecule has 0 spiro atoms. The minimum Gasteiger partial charge on any atom is -0.445 e.